The van der Waals surface area contributed by atoms with Gasteiger partial charge in [0, 0.05) is 10.6 Å². The molecular formula is C25H18Cl2N2O. The molecule has 0 aromatic heterocycles. The van der Waals surface area contributed by atoms with Gasteiger partial charge in [-0.3, -0.25) is 0 Å². The number of fused-ring (bicyclic) bond motifs is 1. The van der Waals surface area contributed by atoms with E-state index in [2.05, 4.69) is 17.1 Å². The number of hydrogen-bond donors (Lipinski definition) is 0. The third-order valence-electron chi connectivity index (χ3n) is 4.78. The Balaban J connectivity index is 1.79. The molecule has 3 aromatic rings. The first-order chi connectivity index (χ1) is 14.7. The normalized spacial score (nSPS) is 13.3. The van der Waals surface area contributed by atoms with Gasteiger partial charge in [0.2, 0.25) is 0 Å². The van der Waals surface area contributed by atoms with E-state index in [0.29, 0.717) is 29.1 Å². The Kier molecular flexibility index (Phi) is 6.09. The fourth-order valence-electron chi connectivity index (χ4n) is 3.41. The Labute approximate surface area is 186 Å². The molecule has 30 heavy (non-hydrogen) atoms. The highest BCUT2D eigenvalue weighted by Gasteiger charge is 2.27. The van der Waals surface area contributed by atoms with Gasteiger partial charge in [0.1, 0.15) is 6.61 Å². The largest absolute Gasteiger partial charge is 0.485 e. The van der Waals surface area contributed by atoms with Gasteiger partial charge in [-0.05, 0) is 34.4 Å². The van der Waals surface area contributed by atoms with Crippen molar-refractivity contribution >= 4 is 35.2 Å². The number of nitrogens with zero attached hydrogens (tertiary/aromatic N) is 2. The molecule has 148 valence electrons. The lowest BCUT2D eigenvalue weighted by Crippen LogP contribution is -2.22. The van der Waals surface area contributed by atoms with Gasteiger partial charge < -0.3 is 4.74 Å². The summed E-state index contributed by atoms with van der Waals surface area (Å²) in [5, 5.41) is 7.04. The lowest BCUT2D eigenvalue weighted by molar-refractivity contribution is 0.246. The van der Waals surface area contributed by atoms with Crippen LogP contribution in [0.4, 0.5) is 0 Å². The van der Waals surface area contributed by atoms with Crippen molar-refractivity contribution in [2.75, 3.05) is 0 Å². The molecule has 1 heterocycles. The Bertz CT molecular complexity index is 1160. The third kappa shape index (κ3) is 4.21. The maximum atomic E-state index is 6.68. The van der Waals surface area contributed by atoms with Crippen LogP contribution in [-0.2, 0) is 17.9 Å². The minimum Gasteiger partial charge on any atom is -0.485 e. The van der Waals surface area contributed by atoms with Crippen molar-refractivity contribution in [1.29, 1.82) is 0 Å². The van der Waals surface area contributed by atoms with Crippen molar-refractivity contribution in [3.8, 4) is 23.5 Å². The molecule has 3 nitrogen and oxygen atoms in total. The number of hydrogen-bond acceptors (Lipinski definition) is 3. The molecule has 0 atom stereocenters. The second kappa shape index (κ2) is 9.09. The fraction of sp³-hybridized carbons (Fsp3) is 0.0800. The van der Waals surface area contributed by atoms with Gasteiger partial charge in [0.25, 0.3) is 0 Å². The van der Waals surface area contributed by atoms with E-state index in [1.807, 2.05) is 66.7 Å². The summed E-state index contributed by atoms with van der Waals surface area (Å²) in [4.78, 5) is 0. The van der Waals surface area contributed by atoms with Crippen molar-refractivity contribution in [2.45, 2.75) is 13.2 Å². The van der Waals surface area contributed by atoms with Crippen molar-refractivity contribution in [3.05, 3.63) is 99.7 Å². The summed E-state index contributed by atoms with van der Waals surface area (Å²) in [5.41, 5.74) is 5.08. The quantitative estimate of drug-likeness (QED) is 0.260. The highest BCUT2D eigenvalue weighted by molar-refractivity contribution is 6.32. The summed E-state index contributed by atoms with van der Waals surface area (Å²) in [6, 6.07) is 23.8. The molecule has 1 aliphatic rings. The maximum absolute atomic E-state index is 6.68. The van der Waals surface area contributed by atoms with Crippen LogP contribution in [0, 0.1) is 12.3 Å². The summed E-state index contributed by atoms with van der Waals surface area (Å²) >= 11 is 12.9. The first-order valence-corrected chi connectivity index (χ1v) is 10.1. The number of terminal acetylenes is 1. The molecule has 0 bridgehead atoms. The van der Waals surface area contributed by atoms with Gasteiger partial charge in [0.05, 0.1) is 12.8 Å². The van der Waals surface area contributed by atoms with Crippen LogP contribution in [0.5, 0.6) is 0 Å². The molecule has 0 radical (unpaired) electrons. The van der Waals surface area contributed by atoms with E-state index < -0.39 is 0 Å². The van der Waals surface area contributed by atoms with Crippen molar-refractivity contribution < 1.29 is 4.74 Å². The fourth-order valence-corrected chi connectivity index (χ4v) is 3.86. The van der Waals surface area contributed by atoms with Gasteiger partial charge in [-0.1, -0.05) is 89.8 Å². The van der Waals surface area contributed by atoms with Crippen LogP contribution in [0.2, 0.25) is 5.02 Å². The first-order valence-electron chi connectivity index (χ1n) is 9.38. The lowest BCUT2D eigenvalue weighted by atomic mass is 9.93. The highest BCUT2D eigenvalue weighted by Crippen LogP contribution is 2.40. The van der Waals surface area contributed by atoms with Crippen LogP contribution in [0.1, 0.15) is 16.7 Å². The number of rotatable bonds is 5. The topological polar surface area (TPSA) is 24.8 Å². The second-order valence-corrected chi connectivity index (χ2v) is 7.50. The van der Waals surface area contributed by atoms with Gasteiger partial charge >= 0.3 is 0 Å². The smallest absolute Gasteiger partial charge is 0.168 e. The molecule has 3 aromatic carbocycles. The molecule has 1 aliphatic heterocycles. The van der Waals surface area contributed by atoms with Crippen LogP contribution in [-0.4, -0.2) is 11.2 Å². The summed E-state index contributed by atoms with van der Waals surface area (Å²) < 4.78 is 6.19. The third-order valence-corrected chi connectivity index (χ3v) is 5.38. The molecule has 0 N–H and O–H groups in total. The van der Waals surface area contributed by atoms with Crippen molar-refractivity contribution in [1.82, 2.24) is 5.01 Å². The first kappa shape index (κ1) is 20.1. The molecular weight excluding hydrogens is 415 g/mol. The molecule has 5 heteroatoms. The molecule has 0 aliphatic carbocycles. The predicted molar refractivity (Wildman–Crippen MR) is 124 cm³/mol. The van der Waals surface area contributed by atoms with Crippen molar-refractivity contribution in [2.24, 2.45) is 5.10 Å². The van der Waals surface area contributed by atoms with E-state index in [4.69, 9.17) is 34.4 Å². The van der Waals surface area contributed by atoms with E-state index in [1.54, 1.807) is 5.01 Å². The number of hydrazone groups is 1. The number of benzene rings is 3. The SMILES string of the molecule is C#C/C=N\N1Cc2c(cccc2-c2cccc(Cl)c2)C(OCc2ccccc2)=C1Cl. The van der Waals surface area contributed by atoms with Gasteiger partial charge in [-0.15, -0.1) is 6.42 Å². The molecule has 0 saturated heterocycles. The zero-order chi connectivity index (χ0) is 20.9. The minimum absolute atomic E-state index is 0.389. The monoisotopic (exact) mass is 432 g/mol. The van der Waals surface area contributed by atoms with Crippen LogP contribution in [0.3, 0.4) is 0 Å². The zero-order valence-electron chi connectivity index (χ0n) is 16.1. The van der Waals surface area contributed by atoms with E-state index in [9.17, 15) is 0 Å². The highest BCUT2D eigenvalue weighted by atomic mass is 35.5. The molecule has 0 unspecified atom stereocenters. The minimum atomic E-state index is 0.389. The van der Waals surface area contributed by atoms with Crippen LogP contribution >= 0.6 is 23.2 Å². The van der Waals surface area contributed by atoms with E-state index in [1.165, 1.54) is 6.21 Å². The Morgan fingerprint density at radius 2 is 1.77 bits per heavy atom. The van der Waals surface area contributed by atoms with E-state index in [-0.39, 0.29) is 0 Å². The maximum Gasteiger partial charge on any atom is 0.168 e. The predicted octanol–water partition coefficient (Wildman–Crippen LogP) is 6.52. The van der Waals surface area contributed by atoms with E-state index >= 15 is 0 Å². The summed E-state index contributed by atoms with van der Waals surface area (Å²) in [7, 11) is 0. The summed E-state index contributed by atoms with van der Waals surface area (Å²) in [6.45, 7) is 0.854. The van der Waals surface area contributed by atoms with Gasteiger partial charge in [-0.2, -0.15) is 5.10 Å². The standard InChI is InChI=1S/C25H18Cl2N2O/c1-2-14-28-29-16-23-21(19-10-6-11-20(26)15-19)12-7-13-22(23)24(25(29)27)30-17-18-8-4-3-5-9-18/h1,3-15H,16-17H2/b28-14-. The second-order valence-electron chi connectivity index (χ2n) is 6.71. The summed E-state index contributed by atoms with van der Waals surface area (Å²) in [6.07, 6.45) is 6.74. The molecule has 0 fully saturated rings. The Morgan fingerprint density at radius 1 is 1.00 bits per heavy atom. The van der Waals surface area contributed by atoms with Gasteiger partial charge in [-0.25, -0.2) is 5.01 Å². The van der Waals surface area contributed by atoms with E-state index in [0.717, 1.165) is 27.8 Å². The van der Waals surface area contributed by atoms with Crippen molar-refractivity contribution in [3.63, 3.8) is 0 Å². The average Bonchev–Trinajstić information content (AvgIpc) is 2.77. The lowest BCUT2D eigenvalue weighted by Gasteiger charge is -2.29. The van der Waals surface area contributed by atoms with Crippen LogP contribution in [0.25, 0.3) is 16.9 Å². The molecule has 0 amide bonds. The molecule has 0 spiro atoms. The zero-order valence-corrected chi connectivity index (χ0v) is 17.6. The number of halogens is 2. The molecule has 4 rings (SSSR count). The van der Waals surface area contributed by atoms with Crippen LogP contribution in [0.15, 0.2) is 83.1 Å². The van der Waals surface area contributed by atoms with Gasteiger partial charge in [0.15, 0.2) is 10.9 Å². The Hall–Kier alpha value is -3.19. The number of ether oxygens (including phenoxy) is 1. The summed E-state index contributed by atoms with van der Waals surface area (Å²) in [5.74, 6) is 2.98. The Morgan fingerprint density at radius 3 is 2.53 bits per heavy atom. The molecule has 0 saturated carbocycles. The average molecular weight is 433 g/mol. The van der Waals surface area contributed by atoms with Crippen LogP contribution < -0.4 is 0 Å².